The van der Waals surface area contributed by atoms with Gasteiger partial charge in [-0.15, -0.1) is 0 Å². The second kappa shape index (κ2) is 7.06. The SMILES string of the molecule is COCc1cc(NC(=O)c2cnn(C(C)(C)C)c2C)cc(C(=O)O)c1. The number of carbonyl (C=O) groups excluding carboxylic acids is 1. The lowest BCUT2D eigenvalue weighted by atomic mass is 10.1. The Morgan fingerprint density at radius 2 is 1.96 bits per heavy atom. The van der Waals surface area contributed by atoms with Gasteiger partial charge in [-0.05, 0) is 51.5 Å². The number of anilines is 1. The van der Waals surface area contributed by atoms with E-state index in [9.17, 15) is 14.7 Å². The molecule has 0 aliphatic heterocycles. The van der Waals surface area contributed by atoms with E-state index in [0.717, 1.165) is 5.69 Å². The topological polar surface area (TPSA) is 93.5 Å². The molecule has 0 atom stereocenters. The van der Waals surface area contributed by atoms with E-state index in [2.05, 4.69) is 10.4 Å². The molecule has 1 heterocycles. The van der Waals surface area contributed by atoms with E-state index < -0.39 is 5.97 Å². The molecule has 0 unspecified atom stereocenters. The third-order valence-electron chi connectivity index (χ3n) is 3.70. The molecule has 0 saturated carbocycles. The van der Waals surface area contributed by atoms with E-state index in [1.54, 1.807) is 10.7 Å². The van der Waals surface area contributed by atoms with E-state index in [0.29, 0.717) is 16.8 Å². The summed E-state index contributed by atoms with van der Waals surface area (Å²) in [5.74, 6) is -1.40. The minimum absolute atomic E-state index is 0.0898. The van der Waals surface area contributed by atoms with Gasteiger partial charge in [-0.25, -0.2) is 4.79 Å². The molecule has 2 rings (SSSR count). The van der Waals surface area contributed by atoms with Crippen LogP contribution in [-0.2, 0) is 16.9 Å². The molecule has 0 aliphatic carbocycles. The van der Waals surface area contributed by atoms with Crippen LogP contribution in [0.25, 0.3) is 0 Å². The minimum Gasteiger partial charge on any atom is -0.478 e. The minimum atomic E-state index is -1.06. The van der Waals surface area contributed by atoms with Gasteiger partial charge in [-0.3, -0.25) is 9.48 Å². The van der Waals surface area contributed by atoms with Crippen molar-refractivity contribution < 1.29 is 19.4 Å². The summed E-state index contributed by atoms with van der Waals surface area (Å²) in [7, 11) is 1.52. The van der Waals surface area contributed by atoms with Crippen molar-refractivity contribution in [3.05, 3.63) is 46.8 Å². The number of aromatic carboxylic acids is 1. The van der Waals surface area contributed by atoms with Crippen LogP contribution in [0.4, 0.5) is 5.69 Å². The Kier molecular flexibility index (Phi) is 5.27. The predicted molar refractivity (Wildman–Crippen MR) is 94.0 cm³/mol. The summed E-state index contributed by atoms with van der Waals surface area (Å²) in [5, 5.41) is 16.3. The number of carboxylic acids is 1. The van der Waals surface area contributed by atoms with E-state index in [-0.39, 0.29) is 23.6 Å². The first-order valence-electron chi connectivity index (χ1n) is 7.86. The van der Waals surface area contributed by atoms with Gasteiger partial charge in [0.05, 0.1) is 29.5 Å². The number of nitrogens with one attached hydrogen (secondary N) is 1. The number of benzene rings is 1. The maximum Gasteiger partial charge on any atom is 0.335 e. The van der Waals surface area contributed by atoms with E-state index in [1.807, 2.05) is 27.7 Å². The number of hydrogen-bond acceptors (Lipinski definition) is 4. The van der Waals surface area contributed by atoms with E-state index >= 15 is 0 Å². The number of hydrogen-bond donors (Lipinski definition) is 2. The molecule has 0 bridgehead atoms. The number of carboxylic acid groups (broad SMARTS) is 1. The zero-order chi connectivity index (χ0) is 18.8. The maximum absolute atomic E-state index is 12.6. The molecule has 0 fully saturated rings. The van der Waals surface area contributed by atoms with Crippen LogP contribution in [0, 0.1) is 6.92 Å². The van der Waals surface area contributed by atoms with Gasteiger partial charge in [0.25, 0.3) is 5.91 Å². The second-order valence-corrected chi connectivity index (χ2v) is 6.84. The summed E-state index contributed by atoms with van der Waals surface area (Å²) < 4.78 is 6.83. The molecule has 1 aromatic carbocycles. The van der Waals surface area contributed by atoms with Crippen LogP contribution in [0.5, 0.6) is 0 Å². The van der Waals surface area contributed by atoms with Crippen LogP contribution in [0.1, 0.15) is 52.7 Å². The van der Waals surface area contributed by atoms with Crippen LogP contribution in [-0.4, -0.2) is 33.9 Å². The fourth-order valence-corrected chi connectivity index (χ4v) is 2.64. The second-order valence-electron chi connectivity index (χ2n) is 6.84. The van der Waals surface area contributed by atoms with Gasteiger partial charge in [-0.2, -0.15) is 5.10 Å². The highest BCUT2D eigenvalue weighted by molar-refractivity contribution is 6.05. The molecule has 0 spiro atoms. The average molecular weight is 345 g/mol. The number of amides is 1. The number of carbonyl (C=O) groups is 2. The van der Waals surface area contributed by atoms with Crippen molar-refractivity contribution in [3.8, 4) is 0 Å². The summed E-state index contributed by atoms with van der Waals surface area (Å²) in [4.78, 5) is 23.8. The lowest BCUT2D eigenvalue weighted by molar-refractivity contribution is 0.0696. The zero-order valence-corrected chi connectivity index (χ0v) is 15.1. The quantitative estimate of drug-likeness (QED) is 0.869. The smallest absolute Gasteiger partial charge is 0.335 e. The number of methoxy groups -OCH3 is 1. The molecule has 0 radical (unpaired) electrons. The Balaban J connectivity index is 2.32. The zero-order valence-electron chi connectivity index (χ0n) is 15.1. The molecule has 7 nitrogen and oxygen atoms in total. The fourth-order valence-electron chi connectivity index (χ4n) is 2.64. The molecule has 7 heteroatoms. The molecule has 1 aromatic heterocycles. The van der Waals surface area contributed by atoms with E-state index in [1.165, 1.54) is 25.4 Å². The van der Waals surface area contributed by atoms with Crippen molar-refractivity contribution in [1.82, 2.24) is 9.78 Å². The monoisotopic (exact) mass is 345 g/mol. The van der Waals surface area contributed by atoms with Crippen molar-refractivity contribution in [2.45, 2.75) is 39.8 Å². The highest BCUT2D eigenvalue weighted by Gasteiger charge is 2.21. The number of rotatable bonds is 5. The third-order valence-corrected chi connectivity index (χ3v) is 3.70. The highest BCUT2D eigenvalue weighted by atomic mass is 16.5. The molecule has 0 aliphatic rings. The van der Waals surface area contributed by atoms with Crippen molar-refractivity contribution in [1.29, 1.82) is 0 Å². The first-order valence-corrected chi connectivity index (χ1v) is 7.86. The van der Waals surface area contributed by atoms with Gasteiger partial charge in [0.15, 0.2) is 0 Å². The van der Waals surface area contributed by atoms with Crippen molar-refractivity contribution >= 4 is 17.6 Å². The molecular formula is C18H23N3O4. The summed E-state index contributed by atoms with van der Waals surface area (Å²) >= 11 is 0. The molecule has 0 saturated heterocycles. The first kappa shape index (κ1) is 18.7. The molecular weight excluding hydrogens is 322 g/mol. The van der Waals surface area contributed by atoms with Crippen LogP contribution in [0.15, 0.2) is 24.4 Å². The predicted octanol–water partition coefficient (Wildman–Crippen LogP) is 3.04. The Morgan fingerprint density at radius 1 is 1.28 bits per heavy atom. The number of ether oxygens (including phenoxy) is 1. The van der Waals surface area contributed by atoms with Gasteiger partial charge >= 0.3 is 5.97 Å². The third kappa shape index (κ3) is 4.24. The van der Waals surface area contributed by atoms with Crippen LogP contribution >= 0.6 is 0 Å². The van der Waals surface area contributed by atoms with Gasteiger partial charge in [0.1, 0.15) is 0 Å². The van der Waals surface area contributed by atoms with E-state index in [4.69, 9.17) is 4.74 Å². The summed E-state index contributed by atoms with van der Waals surface area (Å²) in [6, 6.07) is 4.63. The normalized spacial score (nSPS) is 11.4. The van der Waals surface area contributed by atoms with Crippen LogP contribution in [0.3, 0.4) is 0 Å². The Hall–Kier alpha value is -2.67. The molecule has 1 amide bonds. The van der Waals surface area contributed by atoms with Gasteiger partial charge in [0.2, 0.25) is 0 Å². The average Bonchev–Trinajstić information content (AvgIpc) is 2.89. The summed E-state index contributed by atoms with van der Waals surface area (Å²) in [6.45, 7) is 8.09. The Labute approximate surface area is 146 Å². The molecule has 134 valence electrons. The molecule has 25 heavy (non-hydrogen) atoms. The van der Waals surface area contributed by atoms with Gasteiger partial charge in [-0.1, -0.05) is 0 Å². The molecule has 2 aromatic rings. The molecule has 2 N–H and O–H groups in total. The summed E-state index contributed by atoms with van der Waals surface area (Å²) in [5.41, 5.74) is 2.12. The summed E-state index contributed by atoms with van der Waals surface area (Å²) in [6.07, 6.45) is 1.52. The van der Waals surface area contributed by atoms with Crippen molar-refractivity contribution in [3.63, 3.8) is 0 Å². The Bertz CT molecular complexity index is 803. The van der Waals surface area contributed by atoms with Crippen molar-refractivity contribution in [2.24, 2.45) is 0 Å². The number of nitrogens with zero attached hydrogens (tertiary/aromatic N) is 2. The lowest BCUT2D eigenvalue weighted by Crippen LogP contribution is -2.25. The lowest BCUT2D eigenvalue weighted by Gasteiger charge is -2.21. The van der Waals surface area contributed by atoms with Gasteiger partial charge < -0.3 is 15.2 Å². The van der Waals surface area contributed by atoms with Gasteiger partial charge in [0, 0.05) is 18.5 Å². The van der Waals surface area contributed by atoms with Crippen LogP contribution < -0.4 is 5.32 Å². The standard InChI is InChI=1S/C18H23N3O4/c1-11-15(9-19-21(11)18(2,3)4)16(22)20-14-7-12(10-25-5)6-13(8-14)17(23)24/h6-9H,10H2,1-5H3,(H,20,22)(H,23,24). The first-order chi connectivity index (χ1) is 11.6. The van der Waals surface area contributed by atoms with Crippen LogP contribution in [0.2, 0.25) is 0 Å². The largest absolute Gasteiger partial charge is 0.478 e. The highest BCUT2D eigenvalue weighted by Crippen LogP contribution is 2.21. The number of aromatic nitrogens is 2. The van der Waals surface area contributed by atoms with Crippen molar-refractivity contribution in [2.75, 3.05) is 12.4 Å². The Morgan fingerprint density at radius 3 is 2.48 bits per heavy atom. The maximum atomic E-state index is 12.6. The fraction of sp³-hybridized carbons (Fsp3) is 0.389.